The van der Waals surface area contributed by atoms with Gasteiger partial charge in [-0.3, -0.25) is 0 Å². The second kappa shape index (κ2) is 3.79. The first-order valence-electron chi connectivity index (χ1n) is 4.43. The summed E-state index contributed by atoms with van der Waals surface area (Å²) in [5.74, 6) is 1.59. The molecule has 0 spiro atoms. The maximum absolute atomic E-state index is 5.19. The van der Waals surface area contributed by atoms with Gasteiger partial charge in [0.2, 0.25) is 5.13 Å². The molecule has 4 nitrogen and oxygen atoms in total. The van der Waals surface area contributed by atoms with Crippen LogP contribution in [0.5, 0.6) is 0 Å². The molecule has 0 atom stereocenters. The number of aryl methyl sites for hydroxylation is 1. The topological polar surface area (TPSA) is 51.0 Å². The molecule has 0 bridgehead atoms. The van der Waals surface area contributed by atoms with E-state index in [2.05, 4.69) is 14.7 Å². The standard InChI is InChI=1S/C9H11N3OS/c1-3-10-9-11-8(12-14-9)7-4-5-13-6(7)2/h4-5H,3H2,1-2H3,(H,10,11,12). The number of rotatable bonds is 3. The van der Waals surface area contributed by atoms with E-state index in [1.807, 2.05) is 19.9 Å². The SMILES string of the molecule is CCNc1nc(-c2ccoc2C)ns1. The van der Waals surface area contributed by atoms with Gasteiger partial charge in [-0.15, -0.1) is 0 Å². The molecule has 2 heterocycles. The number of nitrogens with one attached hydrogen (secondary N) is 1. The van der Waals surface area contributed by atoms with Gasteiger partial charge >= 0.3 is 0 Å². The molecule has 14 heavy (non-hydrogen) atoms. The largest absolute Gasteiger partial charge is 0.469 e. The minimum absolute atomic E-state index is 0.734. The van der Waals surface area contributed by atoms with Gasteiger partial charge < -0.3 is 9.73 Å². The highest BCUT2D eigenvalue weighted by atomic mass is 32.1. The summed E-state index contributed by atoms with van der Waals surface area (Å²) in [6.45, 7) is 4.80. The first-order chi connectivity index (χ1) is 6.81. The van der Waals surface area contributed by atoms with E-state index in [1.54, 1.807) is 6.26 Å². The average Bonchev–Trinajstić information content (AvgIpc) is 2.74. The Bertz CT molecular complexity index is 421. The van der Waals surface area contributed by atoms with E-state index in [-0.39, 0.29) is 0 Å². The van der Waals surface area contributed by atoms with Gasteiger partial charge in [0.05, 0.1) is 11.8 Å². The van der Waals surface area contributed by atoms with Crippen molar-refractivity contribution < 1.29 is 4.42 Å². The Kier molecular flexibility index (Phi) is 2.49. The van der Waals surface area contributed by atoms with E-state index >= 15 is 0 Å². The molecule has 0 saturated heterocycles. The Labute approximate surface area is 86.1 Å². The van der Waals surface area contributed by atoms with Crippen LogP contribution in [0.4, 0.5) is 5.13 Å². The molecule has 0 saturated carbocycles. The zero-order valence-corrected chi connectivity index (χ0v) is 8.89. The second-order valence-electron chi connectivity index (χ2n) is 2.84. The lowest BCUT2D eigenvalue weighted by Gasteiger charge is -1.92. The minimum Gasteiger partial charge on any atom is -0.469 e. The zero-order chi connectivity index (χ0) is 9.97. The van der Waals surface area contributed by atoms with Crippen LogP contribution < -0.4 is 5.32 Å². The van der Waals surface area contributed by atoms with Crippen LogP contribution in [-0.4, -0.2) is 15.9 Å². The van der Waals surface area contributed by atoms with Crippen LogP contribution in [0.15, 0.2) is 16.7 Å². The molecule has 74 valence electrons. The van der Waals surface area contributed by atoms with Crippen molar-refractivity contribution in [2.45, 2.75) is 13.8 Å². The Balaban J connectivity index is 2.29. The highest BCUT2D eigenvalue weighted by molar-refractivity contribution is 7.09. The Morgan fingerprint density at radius 2 is 2.43 bits per heavy atom. The van der Waals surface area contributed by atoms with E-state index in [9.17, 15) is 0 Å². The fourth-order valence-corrected chi connectivity index (χ4v) is 1.82. The molecule has 0 unspecified atom stereocenters. The number of hydrogen-bond donors (Lipinski definition) is 1. The molecule has 0 radical (unpaired) electrons. The molecule has 0 aliphatic rings. The Morgan fingerprint density at radius 1 is 1.57 bits per heavy atom. The van der Waals surface area contributed by atoms with Crippen molar-refractivity contribution in [2.75, 3.05) is 11.9 Å². The van der Waals surface area contributed by atoms with Crippen LogP contribution in [0.2, 0.25) is 0 Å². The summed E-state index contributed by atoms with van der Waals surface area (Å²) < 4.78 is 9.44. The molecule has 0 amide bonds. The highest BCUT2D eigenvalue weighted by Gasteiger charge is 2.10. The number of hydrogen-bond acceptors (Lipinski definition) is 5. The van der Waals surface area contributed by atoms with Crippen LogP contribution >= 0.6 is 11.5 Å². The molecule has 0 fully saturated rings. The molecule has 2 aromatic rings. The van der Waals surface area contributed by atoms with Crippen LogP contribution in [0.1, 0.15) is 12.7 Å². The summed E-state index contributed by atoms with van der Waals surface area (Å²) in [5, 5.41) is 3.97. The van der Waals surface area contributed by atoms with E-state index in [0.717, 1.165) is 28.8 Å². The van der Waals surface area contributed by atoms with Crippen molar-refractivity contribution in [2.24, 2.45) is 0 Å². The third-order valence-electron chi connectivity index (χ3n) is 1.85. The predicted octanol–water partition coefficient (Wildman–Crippen LogP) is 2.54. The van der Waals surface area contributed by atoms with Crippen LogP contribution in [-0.2, 0) is 0 Å². The summed E-state index contributed by atoms with van der Waals surface area (Å²) in [4.78, 5) is 4.34. The molecule has 1 N–H and O–H groups in total. The third kappa shape index (κ3) is 1.63. The summed E-state index contributed by atoms with van der Waals surface area (Å²) in [6, 6.07) is 1.88. The second-order valence-corrected chi connectivity index (χ2v) is 3.60. The molecular weight excluding hydrogens is 198 g/mol. The fourth-order valence-electron chi connectivity index (χ4n) is 1.17. The molecule has 2 rings (SSSR count). The first-order valence-corrected chi connectivity index (χ1v) is 5.20. The summed E-state index contributed by atoms with van der Waals surface area (Å²) in [6.07, 6.45) is 1.65. The van der Waals surface area contributed by atoms with Gasteiger partial charge in [-0.1, -0.05) is 0 Å². The number of furan rings is 1. The third-order valence-corrected chi connectivity index (χ3v) is 2.53. The molecule has 0 aliphatic carbocycles. The maximum atomic E-state index is 5.19. The molecule has 2 aromatic heterocycles. The number of nitrogens with zero attached hydrogens (tertiary/aromatic N) is 2. The molecular formula is C9H11N3OS. The lowest BCUT2D eigenvalue weighted by Crippen LogP contribution is -1.94. The van der Waals surface area contributed by atoms with Crippen LogP contribution in [0.3, 0.4) is 0 Å². The van der Waals surface area contributed by atoms with Crippen LogP contribution in [0.25, 0.3) is 11.4 Å². The maximum Gasteiger partial charge on any atom is 0.202 e. The van der Waals surface area contributed by atoms with E-state index in [0.29, 0.717) is 0 Å². The zero-order valence-electron chi connectivity index (χ0n) is 8.07. The first kappa shape index (κ1) is 9.21. The quantitative estimate of drug-likeness (QED) is 0.844. The average molecular weight is 209 g/mol. The molecule has 0 aromatic carbocycles. The van der Waals surface area contributed by atoms with Gasteiger partial charge in [0.1, 0.15) is 5.76 Å². The van der Waals surface area contributed by atoms with Gasteiger partial charge in [0.15, 0.2) is 5.82 Å². The normalized spacial score (nSPS) is 10.4. The van der Waals surface area contributed by atoms with E-state index < -0.39 is 0 Å². The lowest BCUT2D eigenvalue weighted by atomic mass is 10.2. The predicted molar refractivity (Wildman–Crippen MR) is 56.5 cm³/mol. The van der Waals surface area contributed by atoms with Gasteiger partial charge in [-0.05, 0) is 19.9 Å². The smallest absolute Gasteiger partial charge is 0.202 e. The Morgan fingerprint density at radius 3 is 3.07 bits per heavy atom. The van der Waals surface area contributed by atoms with Crippen LogP contribution in [0, 0.1) is 6.92 Å². The Hall–Kier alpha value is -1.36. The monoisotopic (exact) mass is 209 g/mol. The van der Waals surface area contributed by atoms with Crippen molar-refractivity contribution >= 4 is 16.7 Å². The van der Waals surface area contributed by atoms with Gasteiger partial charge in [-0.2, -0.15) is 9.36 Å². The van der Waals surface area contributed by atoms with Crippen molar-refractivity contribution in [3.8, 4) is 11.4 Å². The lowest BCUT2D eigenvalue weighted by molar-refractivity contribution is 0.535. The van der Waals surface area contributed by atoms with Gasteiger partial charge in [0.25, 0.3) is 0 Å². The summed E-state index contributed by atoms with van der Waals surface area (Å²) in [5.41, 5.74) is 0.963. The summed E-state index contributed by atoms with van der Waals surface area (Å²) >= 11 is 1.37. The number of anilines is 1. The van der Waals surface area contributed by atoms with E-state index in [4.69, 9.17) is 4.42 Å². The van der Waals surface area contributed by atoms with Crippen molar-refractivity contribution in [3.05, 3.63) is 18.1 Å². The number of aromatic nitrogens is 2. The van der Waals surface area contributed by atoms with Crippen molar-refractivity contribution in [1.29, 1.82) is 0 Å². The molecule has 0 aliphatic heterocycles. The summed E-state index contributed by atoms with van der Waals surface area (Å²) in [7, 11) is 0. The van der Waals surface area contributed by atoms with Crippen molar-refractivity contribution in [3.63, 3.8) is 0 Å². The van der Waals surface area contributed by atoms with Gasteiger partial charge in [0, 0.05) is 18.1 Å². The molecule has 5 heteroatoms. The van der Waals surface area contributed by atoms with Gasteiger partial charge in [-0.25, -0.2) is 0 Å². The highest BCUT2D eigenvalue weighted by Crippen LogP contribution is 2.24. The fraction of sp³-hybridized carbons (Fsp3) is 0.333. The minimum atomic E-state index is 0.734. The van der Waals surface area contributed by atoms with Crippen molar-refractivity contribution in [1.82, 2.24) is 9.36 Å². The van der Waals surface area contributed by atoms with E-state index in [1.165, 1.54) is 11.5 Å².